The van der Waals surface area contributed by atoms with Crippen molar-refractivity contribution < 1.29 is 23.6 Å². The standard InChI is InChI=1S/C17H18FN3O4/c18-13-7-11(17(22)23)3-4-12(13)8-21-5-6-24-14(9-21)15-19-16(25-20-15)10-1-2-10/h3-4,7,10,14H,1-2,5-6,8-9H2,(H,22,23). The summed E-state index contributed by atoms with van der Waals surface area (Å²) in [5, 5.41) is 12.9. The summed E-state index contributed by atoms with van der Waals surface area (Å²) in [6.07, 6.45) is 1.88. The molecule has 1 saturated carbocycles. The molecule has 1 aliphatic carbocycles. The van der Waals surface area contributed by atoms with Crippen LogP contribution >= 0.6 is 0 Å². The summed E-state index contributed by atoms with van der Waals surface area (Å²) in [7, 11) is 0. The summed E-state index contributed by atoms with van der Waals surface area (Å²) >= 11 is 0. The first-order chi connectivity index (χ1) is 12.1. The molecule has 0 radical (unpaired) electrons. The minimum Gasteiger partial charge on any atom is -0.478 e. The average molecular weight is 347 g/mol. The third-order valence-corrected chi connectivity index (χ3v) is 4.52. The van der Waals surface area contributed by atoms with Crippen LogP contribution in [0.2, 0.25) is 0 Å². The van der Waals surface area contributed by atoms with Crippen molar-refractivity contribution in [1.29, 1.82) is 0 Å². The van der Waals surface area contributed by atoms with E-state index in [2.05, 4.69) is 10.1 Å². The van der Waals surface area contributed by atoms with Crippen molar-refractivity contribution in [1.82, 2.24) is 15.0 Å². The predicted octanol–water partition coefficient (Wildman–Crippen LogP) is 2.36. The van der Waals surface area contributed by atoms with Crippen molar-refractivity contribution in [3.8, 4) is 0 Å². The zero-order valence-electron chi connectivity index (χ0n) is 13.5. The maximum atomic E-state index is 14.1. The molecule has 25 heavy (non-hydrogen) atoms. The molecule has 1 saturated heterocycles. The molecule has 2 fully saturated rings. The van der Waals surface area contributed by atoms with Crippen LogP contribution in [0.3, 0.4) is 0 Å². The summed E-state index contributed by atoms with van der Waals surface area (Å²) in [6.45, 7) is 2.06. The number of carboxylic acids is 1. The molecule has 1 aliphatic heterocycles. The molecule has 1 N–H and O–H groups in total. The number of aromatic carboxylic acids is 1. The minimum absolute atomic E-state index is 0.0551. The van der Waals surface area contributed by atoms with Gasteiger partial charge in [0.05, 0.1) is 12.2 Å². The van der Waals surface area contributed by atoms with Crippen molar-refractivity contribution >= 4 is 5.97 Å². The van der Waals surface area contributed by atoms with E-state index in [1.165, 1.54) is 12.1 Å². The lowest BCUT2D eigenvalue weighted by Gasteiger charge is -2.31. The molecule has 2 aliphatic rings. The van der Waals surface area contributed by atoms with Crippen molar-refractivity contribution in [2.75, 3.05) is 19.7 Å². The Morgan fingerprint density at radius 1 is 1.40 bits per heavy atom. The average Bonchev–Trinajstić information content (AvgIpc) is 3.34. The van der Waals surface area contributed by atoms with E-state index in [1.54, 1.807) is 0 Å². The number of rotatable bonds is 5. The fourth-order valence-electron chi connectivity index (χ4n) is 2.93. The van der Waals surface area contributed by atoms with Crippen LogP contribution in [0, 0.1) is 5.82 Å². The van der Waals surface area contributed by atoms with Gasteiger partial charge in [0.15, 0.2) is 0 Å². The van der Waals surface area contributed by atoms with Crippen molar-refractivity contribution in [3.05, 3.63) is 46.9 Å². The van der Waals surface area contributed by atoms with Crippen LogP contribution < -0.4 is 0 Å². The van der Waals surface area contributed by atoms with Gasteiger partial charge < -0.3 is 14.4 Å². The lowest BCUT2D eigenvalue weighted by atomic mass is 10.1. The number of nitrogens with zero attached hydrogens (tertiary/aromatic N) is 3. The van der Waals surface area contributed by atoms with Crippen LogP contribution in [0.25, 0.3) is 0 Å². The maximum Gasteiger partial charge on any atom is 0.335 e. The van der Waals surface area contributed by atoms with E-state index in [-0.39, 0.29) is 11.7 Å². The zero-order chi connectivity index (χ0) is 17.4. The first-order valence-corrected chi connectivity index (χ1v) is 8.29. The van der Waals surface area contributed by atoms with Gasteiger partial charge in [-0.25, -0.2) is 9.18 Å². The molecule has 132 valence electrons. The molecule has 1 atom stereocenters. The molecule has 0 bridgehead atoms. The molecule has 8 heteroatoms. The highest BCUT2D eigenvalue weighted by Crippen LogP contribution is 2.39. The lowest BCUT2D eigenvalue weighted by Crippen LogP contribution is -2.38. The molecular formula is C17H18FN3O4. The highest BCUT2D eigenvalue weighted by atomic mass is 19.1. The van der Waals surface area contributed by atoms with Gasteiger partial charge in [0.2, 0.25) is 11.7 Å². The van der Waals surface area contributed by atoms with Gasteiger partial charge >= 0.3 is 5.97 Å². The third-order valence-electron chi connectivity index (χ3n) is 4.52. The normalized spacial score (nSPS) is 21.4. The van der Waals surface area contributed by atoms with Gasteiger partial charge in [0.1, 0.15) is 11.9 Å². The van der Waals surface area contributed by atoms with Crippen LogP contribution in [0.15, 0.2) is 22.7 Å². The molecule has 0 amide bonds. The molecule has 2 heterocycles. The minimum atomic E-state index is -1.14. The van der Waals surface area contributed by atoms with E-state index >= 15 is 0 Å². The second-order valence-corrected chi connectivity index (χ2v) is 6.47. The quantitative estimate of drug-likeness (QED) is 0.888. The van der Waals surface area contributed by atoms with Gasteiger partial charge in [-0.1, -0.05) is 11.2 Å². The van der Waals surface area contributed by atoms with E-state index < -0.39 is 11.8 Å². The highest BCUT2D eigenvalue weighted by molar-refractivity contribution is 5.87. The summed E-state index contributed by atoms with van der Waals surface area (Å²) < 4.78 is 25.1. The number of carbonyl (C=O) groups is 1. The Labute approximate surface area is 143 Å². The fraction of sp³-hybridized carbons (Fsp3) is 0.471. The van der Waals surface area contributed by atoms with Gasteiger partial charge in [0.25, 0.3) is 0 Å². The van der Waals surface area contributed by atoms with Gasteiger partial charge in [0, 0.05) is 31.1 Å². The molecular weight excluding hydrogens is 329 g/mol. The Kier molecular flexibility index (Phi) is 4.22. The van der Waals surface area contributed by atoms with Crippen molar-refractivity contribution in [3.63, 3.8) is 0 Å². The van der Waals surface area contributed by atoms with Gasteiger partial charge in [-0.05, 0) is 25.0 Å². The van der Waals surface area contributed by atoms with Crippen molar-refractivity contribution in [2.45, 2.75) is 31.4 Å². The number of carboxylic acid groups (broad SMARTS) is 1. The number of ether oxygens (including phenoxy) is 1. The van der Waals surface area contributed by atoms with Crippen molar-refractivity contribution in [2.24, 2.45) is 0 Å². The first-order valence-electron chi connectivity index (χ1n) is 8.29. The predicted molar refractivity (Wildman–Crippen MR) is 83.6 cm³/mol. The van der Waals surface area contributed by atoms with Crippen LogP contribution in [0.5, 0.6) is 0 Å². The summed E-state index contributed by atoms with van der Waals surface area (Å²) in [4.78, 5) is 17.4. The Balaban J connectivity index is 1.43. The number of benzene rings is 1. The van der Waals surface area contributed by atoms with E-state index in [1.807, 2.05) is 4.90 Å². The van der Waals surface area contributed by atoms with E-state index in [0.29, 0.717) is 49.4 Å². The highest BCUT2D eigenvalue weighted by Gasteiger charge is 2.32. The van der Waals surface area contributed by atoms with Crippen LogP contribution in [-0.4, -0.2) is 45.8 Å². The third kappa shape index (κ3) is 3.54. The maximum absolute atomic E-state index is 14.1. The molecule has 1 aromatic heterocycles. The van der Waals surface area contributed by atoms with Gasteiger partial charge in [-0.15, -0.1) is 0 Å². The molecule has 1 aromatic carbocycles. The van der Waals surface area contributed by atoms with Crippen LogP contribution in [-0.2, 0) is 11.3 Å². The Hall–Kier alpha value is -2.32. The molecule has 2 aromatic rings. The Morgan fingerprint density at radius 3 is 2.96 bits per heavy atom. The van der Waals surface area contributed by atoms with Crippen LogP contribution in [0.4, 0.5) is 4.39 Å². The number of hydrogen-bond donors (Lipinski definition) is 1. The SMILES string of the molecule is O=C(O)c1ccc(CN2CCOC(c3noc(C4CC4)n3)C2)c(F)c1. The zero-order valence-corrected chi connectivity index (χ0v) is 13.5. The monoisotopic (exact) mass is 347 g/mol. The summed E-state index contributed by atoms with van der Waals surface area (Å²) in [5.41, 5.74) is 0.401. The molecule has 0 spiro atoms. The molecule has 1 unspecified atom stereocenters. The second-order valence-electron chi connectivity index (χ2n) is 6.47. The first kappa shape index (κ1) is 16.2. The number of halogens is 1. The van der Waals surface area contributed by atoms with Gasteiger partial charge in [-0.2, -0.15) is 4.98 Å². The smallest absolute Gasteiger partial charge is 0.335 e. The van der Waals surface area contributed by atoms with E-state index in [0.717, 1.165) is 18.9 Å². The number of hydrogen-bond acceptors (Lipinski definition) is 6. The summed E-state index contributed by atoms with van der Waals surface area (Å²) in [6, 6.07) is 3.99. The number of morpholine rings is 1. The largest absolute Gasteiger partial charge is 0.478 e. The Bertz CT molecular complexity index is 790. The fourth-order valence-corrected chi connectivity index (χ4v) is 2.93. The van der Waals surface area contributed by atoms with E-state index in [9.17, 15) is 9.18 Å². The Morgan fingerprint density at radius 2 is 2.24 bits per heavy atom. The summed E-state index contributed by atoms with van der Waals surface area (Å²) in [5.74, 6) is -0.0545. The second kappa shape index (κ2) is 6.53. The molecule has 7 nitrogen and oxygen atoms in total. The van der Waals surface area contributed by atoms with Crippen LogP contribution in [0.1, 0.15) is 52.5 Å². The molecule has 4 rings (SSSR count). The number of aromatic nitrogens is 2. The topological polar surface area (TPSA) is 88.7 Å². The van der Waals surface area contributed by atoms with E-state index in [4.69, 9.17) is 14.4 Å². The van der Waals surface area contributed by atoms with Gasteiger partial charge in [-0.3, -0.25) is 4.90 Å². The lowest BCUT2D eigenvalue weighted by molar-refractivity contribution is -0.0383.